The van der Waals surface area contributed by atoms with Gasteiger partial charge in [-0.15, -0.1) is 0 Å². The Hall–Kier alpha value is -4.80. The average Bonchev–Trinajstić information content (AvgIpc) is 3.08. The van der Waals surface area contributed by atoms with Gasteiger partial charge in [-0.1, -0.05) is 24.3 Å². The van der Waals surface area contributed by atoms with Gasteiger partial charge >= 0.3 is 12.1 Å². The van der Waals surface area contributed by atoms with Gasteiger partial charge in [-0.3, -0.25) is 14.5 Å². The normalized spacial score (nSPS) is 15.6. The van der Waals surface area contributed by atoms with Crippen LogP contribution in [0.5, 0.6) is 11.5 Å². The van der Waals surface area contributed by atoms with Crippen molar-refractivity contribution in [2.24, 2.45) is 0 Å². The molecule has 43 heavy (non-hydrogen) atoms. The predicted molar refractivity (Wildman–Crippen MR) is 161 cm³/mol. The molecular formula is C32H37N3O8. The van der Waals surface area contributed by atoms with Crippen LogP contribution in [0.3, 0.4) is 0 Å². The van der Waals surface area contributed by atoms with Gasteiger partial charge in [0, 0.05) is 12.6 Å². The quantitative estimate of drug-likeness (QED) is 0.410. The smallest absolute Gasteiger partial charge is 0.410 e. The topological polar surface area (TPSA) is 135 Å². The average molecular weight is 592 g/mol. The Morgan fingerprint density at radius 3 is 2.44 bits per heavy atom. The van der Waals surface area contributed by atoms with Crippen molar-refractivity contribution < 1.29 is 38.5 Å². The molecule has 4 rings (SSSR count). The molecule has 228 valence electrons. The summed E-state index contributed by atoms with van der Waals surface area (Å²) >= 11 is 0. The molecule has 1 heterocycles. The number of rotatable bonds is 7. The number of carbonyl (C=O) groups excluding carboxylic acids is 3. The molecule has 0 fully saturated rings. The third-order valence-electron chi connectivity index (χ3n) is 7.39. The molecule has 0 radical (unpaired) electrons. The van der Waals surface area contributed by atoms with Crippen molar-refractivity contribution in [3.63, 3.8) is 0 Å². The summed E-state index contributed by atoms with van der Waals surface area (Å²) < 4.78 is 17.0. The second-order valence-electron chi connectivity index (χ2n) is 11.4. The zero-order valence-electron chi connectivity index (χ0n) is 25.4. The number of amides is 3. The molecule has 1 aliphatic heterocycles. The van der Waals surface area contributed by atoms with E-state index in [-0.39, 0.29) is 18.7 Å². The molecule has 3 aromatic rings. The van der Waals surface area contributed by atoms with E-state index in [1.807, 2.05) is 0 Å². The number of methoxy groups -OCH3 is 1. The minimum absolute atomic E-state index is 0.0469. The first-order valence-electron chi connectivity index (χ1n) is 13.8. The van der Waals surface area contributed by atoms with Gasteiger partial charge in [0.2, 0.25) is 5.91 Å². The number of carboxylic acids is 1. The number of carbonyl (C=O) groups is 4. The summed E-state index contributed by atoms with van der Waals surface area (Å²) in [6.07, 6.45) is -0.669. The summed E-state index contributed by atoms with van der Waals surface area (Å²) in [7, 11) is 2.98. The highest BCUT2D eigenvalue weighted by Crippen LogP contribution is 2.37. The first-order valence-corrected chi connectivity index (χ1v) is 13.8. The van der Waals surface area contributed by atoms with Gasteiger partial charge in [-0.05, 0) is 75.2 Å². The van der Waals surface area contributed by atoms with Crippen LogP contribution in [-0.4, -0.2) is 72.3 Å². The fraction of sp³-hybridized carbons (Fsp3) is 0.375. The van der Waals surface area contributed by atoms with Gasteiger partial charge in [-0.25, -0.2) is 9.59 Å². The van der Waals surface area contributed by atoms with Crippen LogP contribution in [0.15, 0.2) is 48.5 Å². The lowest BCUT2D eigenvalue weighted by Crippen LogP contribution is -2.55. The summed E-state index contributed by atoms with van der Waals surface area (Å²) in [5, 5.41) is 13.8. The number of nitrogens with one attached hydrogen (secondary N) is 1. The number of anilines is 1. The number of hydrogen-bond donors (Lipinski definition) is 2. The highest BCUT2D eigenvalue weighted by molar-refractivity contribution is 6.03. The number of aryl methyl sites for hydroxylation is 1. The monoisotopic (exact) mass is 591 g/mol. The highest BCUT2D eigenvalue weighted by atomic mass is 16.6. The van der Waals surface area contributed by atoms with Crippen molar-refractivity contribution in [3.05, 3.63) is 65.2 Å². The Labute approximate surface area is 250 Å². The molecular weight excluding hydrogens is 554 g/mol. The Balaban J connectivity index is 1.69. The number of aromatic carboxylic acids is 1. The molecule has 2 N–H and O–H groups in total. The molecule has 3 amide bonds. The zero-order chi connectivity index (χ0) is 31.6. The number of benzene rings is 3. The summed E-state index contributed by atoms with van der Waals surface area (Å²) in [5.74, 6) is -1.05. The molecule has 0 spiro atoms. The van der Waals surface area contributed by atoms with E-state index < -0.39 is 41.6 Å². The molecule has 0 bridgehead atoms. The van der Waals surface area contributed by atoms with Crippen molar-refractivity contribution in [2.75, 3.05) is 25.7 Å². The minimum Gasteiger partial charge on any atom is -0.496 e. The van der Waals surface area contributed by atoms with Crippen molar-refractivity contribution in [3.8, 4) is 11.5 Å². The Morgan fingerprint density at radius 2 is 1.79 bits per heavy atom. The number of para-hydroxylation sites is 2. The Morgan fingerprint density at radius 1 is 1.12 bits per heavy atom. The van der Waals surface area contributed by atoms with Crippen LogP contribution in [0.2, 0.25) is 0 Å². The van der Waals surface area contributed by atoms with Gasteiger partial charge in [0.15, 0.2) is 0 Å². The molecule has 0 saturated heterocycles. The van der Waals surface area contributed by atoms with Crippen LogP contribution in [0, 0.1) is 6.92 Å². The lowest BCUT2D eigenvalue weighted by Gasteiger charge is -2.30. The largest absolute Gasteiger partial charge is 0.496 e. The summed E-state index contributed by atoms with van der Waals surface area (Å²) in [6, 6.07) is 11.8. The van der Waals surface area contributed by atoms with Gasteiger partial charge in [0.25, 0.3) is 5.91 Å². The van der Waals surface area contributed by atoms with E-state index in [0.717, 1.165) is 5.39 Å². The fourth-order valence-corrected chi connectivity index (χ4v) is 4.92. The second kappa shape index (κ2) is 12.2. The van der Waals surface area contributed by atoms with E-state index in [1.54, 1.807) is 77.1 Å². The minimum atomic E-state index is -1.07. The van der Waals surface area contributed by atoms with E-state index in [0.29, 0.717) is 33.7 Å². The lowest BCUT2D eigenvalue weighted by molar-refractivity contribution is -0.130. The van der Waals surface area contributed by atoms with Crippen LogP contribution in [0.25, 0.3) is 10.8 Å². The maximum atomic E-state index is 14.1. The van der Waals surface area contributed by atoms with Crippen molar-refractivity contribution in [1.29, 1.82) is 0 Å². The van der Waals surface area contributed by atoms with Gasteiger partial charge < -0.3 is 29.5 Å². The van der Waals surface area contributed by atoms with Gasteiger partial charge in [0.05, 0.1) is 24.9 Å². The van der Waals surface area contributed by atoms with Crippen LogP contribution in [0.4, 0.5) is 10.5 Å². The third-order valence-corrected chi connectivity index (χ3v) is 7.39. The molecule has 0 aliphatic carbocycles. The standard InChI is InChI=1S/C32H37N3O8/c1-18-20-14-15-26(41-7)23(22(20)13-12-21(18)30(38)39)16-35-25-10-8-9-11-27(25)42-17-24(29(35)37)33-28(36)19(2)34(6)31(40)43-32(3,4)5/h8-15,19,24H,16-17H2,1-7H3,(H,33,36)(H,38,39)/t19-,24-/m0/s1. The number of ether oxygens (including phenoxy) is 3. The van der Waals surface area contributed by atoms with E-state index in [9.17, 15) is 24.3 Å². The zero-order valence-corrected chi connectivity index (χ0v) is 25.4. The van der Waals surface area contributed by atoms with Crippen molar-refractivity contribution in [1.82, 2.24) is 10.2 Å². The van der Waals surface area contributed by atoms with Crippen LogP contribution in [-0.2, 0) is 20.9 Å². The fourth-order valence-electron chi connectivity index (χ4n) is 4.92. The first kappa shape index (κ1) is 31.1. The third kappa shape index (κ3) is 6.50. The van der Waals surface area contributed by atoms with E-state index in [2.05, 4.69) is 5.32 Å². The van der Waals surface area contributed by atoms with Gasteiger partial charge in [-0.2, -0.15) is 0 Å². The number of likely N-dealkylation sites (N-methyl/N-ethyl adjacent to an activating group) is 1. The van der Waals surface area contributed by atoms with E-state index in [1.165, 1.54) is 30.0 Å². The summed E-state index contributed by atoms with van der Waals surface area (Å²) in [6.45, 7) is 8.39. The van der Waals surface area contributed by atoms with Crippen molar-refractivity contribution >= 4 is 40.3 Å². The van der Waals surface area contributed by atoms with Gasteiger partial charge in [0.1, 0.15) is 35.8 Å². The number of hydrogen-bond acceptors (Lipinski definition) is 7. The molecule has 3 aromatic carbocycles. The summed E-state index contributed by atoms with van der Waals surface area (Å²) in [4.78, 5) is 54.4. The molecule has 2 atom stereocenters. The van der Waals surface area contributed by atoms with E-state index >= 15 is 0 Å². The lowest BCUT2D eigenvalue weighted by atomic mass is 9.95. The number of nitrogens with zero attached hydrogens (tertiary/aromatic N) is 2. The first-order chi connectivity index (χ1) is 20.2. The second-order valence-corrected chi connectivity index (χ2v) is 11.4. The molecule has 11 heteroatoms. The predicted octanol–water partition coefficient (Wildman–Crippen LogP) is 4.52. The maximum Gasteiger partial charge on any atom is 0.410 e. The molecule has 0 saturated carbocycles. The van der Waals surface area contributed by atoms with Crippen molar-refractivity contribution in [2.45, 2.75) is 58.8 Å². The number of carboxylic acid groups (broad SMARTS) is 1. The van der Waals surface area contributed by atoms with Crippen LogP contribution >= 0.6 is 0 Å². The number of fused-ring (bicyclic) bond motifs is 2. The summed E-state index contributed by atoms with van der Waals surface area (Å²) in [5.41, 5.74) is 1.19. The van der Waals surface area contributed by atoms with Crippen LogP contribution in [0.1, 0.15) is 49.2 Å². The Bertz CT molecular complexity index is 1580. The Kier molecular flexibility index (Phi) is 8.84. The molecule has 0 aromatic heterocycles. The van der Waals surface area contributed by atoms with Crippen LogP contribution < -0.4 is 19.7 Å². The SMILES string of the molecule is COc1ccc2c(C)c(C(=O)O)ccc2c1CN1C(=O)[C@@H](NC(=O)[C@H](C)N(C)C(=O)OC(C)(C)C)COc2ccccc21. The molecule has 11 nitrogen and oxygen atoms in total. The van der Waals surface area contributed by atoms with E-state index in [4.69, 9.17) is 14.2 Å². The molecule has 0 unspecified atom stereocenters. The highest BCUT2D eigenvalue weighted by Gasteiger charge is 2.36. The maximum absolute atomic E-state index is 14.1. The molecule has 1 aliphatic rings.